The predicted molar refractivity (Wildman–Crippen MR) is 134 cm³/mol. The molecule has 3 aromatic rings. The van der Waals surface area contributed by atoms with Gasteiger partial charge >= 0.3 is 0 Å². The van der Waals surface area contributed by atoms with Crippen LogP contribution in [-0.2, 0) is 9.59 Å². The number of hydrogen-bond acceptors (Lipinski definition) is 4. The van der Waals surface area contributed by atoms with Crippen molar-refractivity contribution >= 4 is 23.1 Å². The molecule has 1 saturated heterocycles. The second-order valence-corrected chi connectivity index (χ2v) is 9.10. The van der Waals surface area contributed by atoms with E-state index < -0.39 is 17.7 Å². The summed E-state index contributed by atoms with van der Waals surface area (Å²) in [5.74, 6) is -0.485. The fraction of sp³-hybridized carbons (Fsp3) is 0.241. The summed E-state index contributed by atoms with van der Waals surface area (Å²) < 4.78 is 5.73. The Labute approximate surface area is 200 Å². The molecule has 1 aliphatic rings. The van der Waals surface area contributed by atoms with E-state index in [9.17, 15) is 14.7 Å². The van der Waals surface area contributed by atoms with Crippen LogP contribution >= 0.6 is 0 Å². The van der Waals surface area contributed by atoms with Gasteiger partial charge in [0, 0.05) is 11.3 Å². The van der Waals surface area contributed by atoms with Crippen molar-refractivity contribution < 1.29 is 19.4 Å². The molecule has 0 aliphatic carbocycles. The molecule has 3 aromatic carbocycles. The van der Waals surface area contributed by atoms with E-state index >= 15 is 0 Å². The van der Waals surface area contributed by atoms with Gasteiger partial charge in [-0.15, -0.1) is 0 Å². The van der Waals surface area contributed by atoms with E-state index in [0.29, 0.717) is 29.5 Å². The number of aliphatic hydroxyl groups excluding tert-OH is 1. The van der Waals surface area contributed by atoms with Gasteiger partial charge in [-0.1, -0.05) is 61.9 Å². The largest absolute Gasteiger partial charge is 0.507 e. The number of carbonyl (C=O) groups is 2. The number of rotatable bonds is 6. The summed E-state index contributed by atoms with van der Waals surface area (Å²) in [5.41, 5.74) is 3.88. The molecule has 1 amide bonds. The molecule has 1 heterocycles. The van der Waals surface area contributed by atoms with Gasteiger partial charge in [0.2, 0.25) is 0 Å². The molecule has 1 atom stereocenters. The summed E-state index contributed by atoms with van der Waals surface area (Å²) >= 11 is 0. The fourth-order valence-electron chi connectivity index (χ4n) is 4.23. The number of ketones is 1. The van der Waals surface area contributed by atoms with Crippen molar-refractivity contribution in [1.29, 1.82) is 0 Å². The SMILES string of the molecule is Cc1ccc(N2C(=O)C(=O)/C(=C(/O)c3ccc(OCC(C)C)cc3)C2c2ccccc2)c(C)c1. The van der Waals surface area contributed by atoms with Gasteiger partial charge in [-0.3, -0.25) is 14.5 Å². The Kier molecular flexibility index (Phi) is 6.55. The number of anilines is 1. The number of aliphatic hydroxyl groups is 1. The van der Waals surface area contributed by atoms with Gasteiger partial charge in [-0.25, -0.2) is 0 Å². The Hall–Kier alpha value is -3.86. The Morgan fingerprint density at radius 2 is 1.65 bits per heavy atom. The maximum atomic E-state index is 13.3. The minimum Gasteiger partial charge on any atom is -0.507 e. The van der Waals surface area contributed by atoms with Gasteiger partial charge in [0.05, 0.1) is 18.2 Å². The quantitative estimate of drug-likeness (QED) is 0.283. The van der Waals surface area contributed by atoms with Gasteiger partial charge in [-0.05, 0) is 61.2 Å². The average Bonchev–Trinajstić information content (AvgIpc) is 3.08. The number of benzene rings is 3. The highest BCUT2D eigenvalue weighted by Gasteiger charge is 2.47. The second kappa shape index (κ2) is 9.56. The molecular weight excluding hydrogens is 426 g/mol. The minimum atomic E-state index is -0.737. The molecule has 4 rings (SSSR count). The molecule has 1 aliphatic heterocycles. The van der Waals surface area contributed by atoms with Gasteiger partial charge in [0.15, 0.2) is 0 Å². The lowest BCUT2D eigenvalue weighted by molar-refractivity contribution is -0.132. The normalized spacial score (nSPS) is 17.4. The Bertz CT molecular complexity index is 1240. The lowest BCUT2D eigenvalue weighted by Gasteiger charge is -2.27. The molecule has 0 aromatic heterocycles. The minimum absolute atomic E-state index is 0.0759. The molecule has 1 N–H and O–H groups in total. The molecular formula is C29H29NO4. The third-order valence-electron chi connectivity index (χ3n) is 5.88. The van der Waals surface area contributed by atoms with Crippen molar-refractivity contribution in [3.8, 4) is 5.75 Å². The molecule has 34 heavy (non-hydrogen) atoms. The van der Waals surface area contributed by atoms with Gasteiger partial charge in [-0.2, -0.15) is 0 Å². The lowest BCUT2D eigenvalue weighted by atomic mass is 9.95. The fourth-order valence-corrected chi connectivity index (χ4v) is 4.23. The molecule has 174 valence electrons. The van der Waals surface area contributed by atoms with Crippen molar-refractivity contribution in [3.05, 3.63) is 101 Å². The summed E-state index contributed by atoms with van der Waals surface area (Å²) in [6.45, 7) is 8.62. The van der Waals surface area contributed by atoms with Crippen LogP contribution in [0.4, 0.5) is 5.69 Å². The summed E-state index contributed by atoms with van der Waals surface area (Å²) in [5, 5.41) is 11.3. The van der Waals surface area contributed by atoms with Gasteiger partial charge in [0.25, 0.3) is 11.7 Å². The van der Waals surface area contributed by atoms with Crippen LogP contribution in [0.5, 0.6) is 5.75 Å². The number of hydrogen-bond donors (Lipinski definition) is 1. The number of carbonyl (C=O) groups excluding carboxylic acids is 2. The molecule has 5 nitrogen and oxygen atoms in total. The Balaban J connectivity index is 1.82. The van der Waals surface area contributed by atoms with E-state index in [2.05, 4.69) is 13.8 Å². The van der Waals surface area contributed by atoms with Crippen LogP contribution in [0.25, 0.3) is 5.76 Å². The van der Waals surface area contributed by atoms with Crippen molar-refractivity contribution in [2.75, 3.05) is 11.5 Å². The van der Waals surface area contributed by atoms with Crippen LogP contribution in [0, 0.1) is 19.8 Å². The number of nitrogens with zero attached hydrogens (tertiary/aromatic N) is 1. The zero-order valence-corrected chi connectivity index (χ0v) is 19.9. The topological polar surface area (TPSA) is 66.8 Å². The molecule has 0 bridgehead atoms. The molecule has 0 saturated carbocycles. The standard InChI is InChI=1S/C29H29NO4/c1-18(2)17-34-23-13-11-22(12-14-23)27(31)25-26(21-8-6-5-7-9-21)30(29(33)28(25)32)24-15-10-19(3)16-20(24)4/h5-16,18,26,31H,17H2,1-4H3/b27-25+. The van der Waals surface area contributed by atoms with E-state index in [1.54, 1.807) is 24.3 Å². The predicted octanol–water partition coefficient (Wildman–Crippen LogP) is 5.96. The van der Waals surface area contributed by atoms with Crippen molar-refractivity contribution in [2.24, 2.45) is 5.92 Å². The number of aryl methyl sites for hydroxylation is 2. The van der Waals surface area contributed by atoms with Crippen LogP contribution in [0.2, 0.25) is 0 Å². The van der Waals surface area contributed by atoms with Crippen LogP contribution in [0.1, 0.15) is 42.1 Å². The van der Waals surface area contributed by atoms with E-state index in [0.717, 1.165) is 16.7 Å². The highest BCUT2D eigenvalue weighted by atomic mass is 16.5. The van der Waals surface area contributed by atoms with Gasteiger partial charge in [0.1, 0.15) is 11.5 Å². The maximum absolute atomic E-state index is 13.3. The number of Topliss-reactive ketones (excluding diaryl/α,β-unsaturated/α-hetero) is 1. The van der Waals surface area contributed by atoms with E-state index in [-0.39, 0.29) is 11.3 Å². The highest BCUT2D eigenvalue weighted by molar-refractivity contribution is 6.51. The molecule has 0 radical (unpaired) electrons. The van der Waals surface area contributed by atoms with Crippen molar-refractivity contribution in [1.82, 2.24) is 0 Å². The van der Waals surface area contributed by atoms with Crippen LogP contribution in [0.15, 0.2) is 78.4 Å². The van der Waals surface area contributed by atoms with E-state index in [4.69, 9.17) is 4.74 Å². The average molecular weight is 456 g/mol. The monoisotopic (exact) mass is 455 g/mol. The molecule has 0 spiro atoms. The van der Waals surface area contributed by atoms with Crippen LogP contribution in [0.3, 0.4) is 0 Å². The summed E-state index contributed by atoms with van der Waals surface area (Å²) in [6, 6.07) is 21.3. The first-order valence-corrected chi connectivity index (χ1v) is 11.4. The third kappa shape index (κ3) is 4.46. The van der Waals surface area contributed by atoms with Crippen LogP contribution < -0.4 is 9.64 Å². The van der Waals surface area contributed by atoms with Crippen molar-refractivity contribution in [2.45, 2.75) is 33.7 Å². The summed E-state index contributed by atoms with van der Waals surface area (Å²) in [4.78, 5) is 28.1. The number of amides is 1. The van der Waals surface area contributed by atoms with Crippen molar-refractivity contribution in [3.63, 3.8) is 0 Å². The van der Waals surface area contributed by atoms with E-state index in [1.165, 1.54) is 4.90 Å². The summed E-state index contributed by atoms with van der Waals surface area (Å²) in [6.07, 6.45) is 0. The lowest BCUT2D eigenvalue weighted by Crippen LogP contribution is -2.30. The molecule has 1 fully saturated rings. The zero-order chi connectivity index (χ0) is 24.4. The highest BCUT2D eigenvalue weighted by Crippen LogP contribution is 2.43. The number of ether oxygens (including phenoxy) is 1. The third-order valence-corrected chi connectivity index (χ3v) is 5.88. The Morgan fingerprint density at radius 1 is 0.971 bits per heavy atom. The van der Waals surface area contributed by atoms with Gasteiger partial charge < -0.3 is 9.84 Å². The molecule has 1 unspecified atom stereocenters. The first kappa shape index (κ1) is 23.3. The first-order chi connectivity index (χ1) is 16.3. The zero-order valence-electron chi connectivity index (χ0n) is 19.9. The van der Waals surface area contributed by atoms with Crippen LogP contribution in [-0.4, -0.2) is 23.4 Å². The molecule has 5 heteroatoms. The Morgan fingerprint density at radius 3 is 2.26 bits per heavy atom. The van der Waals surface area contributed by atoms with E-state index in [1.807, 2.05) is 62.4 Å². The first-order valence-electron chi connectivity index (χ1n) is 11.4. The maximum Gasteiger partial charge on any atom is 0.300 e. The smallest absolute Gasteiger partial charge is 0.300 e. The summed E-state index contributed by atoms with van der Waals surface area (Å²) in [7, 11) is 0. The second-order valence-electron chi connectivity index (χ2n) is 9.10.